The molecule has 0 aromatic heterocycles. The standard InChI is InChI=1S/C15H12O3/c1-10-3-2-4-13(9-10)11-5-7-12(8-6-11)14(16)15(17)18/h2-9H,1H3,(H,17,18). The first-order chi connectivity index (χ1) is 8.58. The molecule has 0 saturated heterocycles. The van der Waals surface area contributed by atoms with Crippen LogP contribution in [0.2, 0.25) is 0 Å². The third-order valence-electron chi connectivity index (χ3n) is 2.69. The molecule has 1 N–H and O–H groups in total. The third kappa shape index (κ3) is 2.46. The Morgan fingerprint density at radius 1 is 0.944 bits per heavy atom. The van der Waals surface area contributed by atoms with Gasteiger partial charge in [0.05, 0.1) is 0 Å². The molecule has 0 aliphatic rings. The number of Topliss-reactive ketones (excluding diaryl/α,β-unsaturated/α-hetero) is 1. The Kier molecular flexibility index (Phi) is 3.24. The van der Waals surface area contributed by atoms with E-state index in [1.165, 1.54) is 12.1 Å². The number of hydrogen-bond donors (Lipinski definition) is 1. The summed E-state index contributed by atoms with van der Waals surface area (Å²) in [6.07, 6.45) is 0. The first-order valence-electron chi connectivity index (χ1n) is 5.52. The molecular weight excluding hydrogens is 228 g/mol. The van der Waals surface area contributed by atoms with Crippen LogP contribution in [0.4, 0.5) is 0 Å². The molecule has 3 nitrogen and oxygen atoms in total. The van der Waals surface area contributed by atoms with Gasteiger partial charge in [0.2, 0.25) is 0 Å². The molecule has 2 rings (SSSR count). The van der Waals surface area contributed by atoms with E-state index in [0.717, 1.165) is 16.7 Å². The molecule has 0 aliphatic heterocycles. The van der Waals surface area contributed by atoms with Gasteiger partial charge in [0.15, 0.2) is 0 Å². The summed E-state index contributed by atoms with van der Waals surface area (Å²) < 4.78 is 0. The molecule has 0 saturated carbocycles. The predicted octanol–water partition coefficient (Wildman–Crippen LogP) is 2.93. The number of ketones is 1. The topological polar surface area (TPSA) is 54.4 Å². The van der Waals surface area contributed by atoms with E-state index < -0.39 is 11.8 Å². The van der Waals surface area contributed by atoms with E-state index in [0.29, 0.717) is 0 Å². The fourth-order valence-corrected chi connectivity index (χ4v) is 1.76. The summed E-state index contributed by atoms with van der Waals surface area (Å²) in [6, 6.07) is 14.6. The lowest BCUT2D eigenvalue weighted by Crippen LogP contribution is -2.12. The number of aliphatic carboxylic acids is 1. The maximum atomic E-state index is 11.2. The van der Waals surface area contributed by atoms with E-state index in [9.17, 15) is 9.59 Å². The molecule has 0 amide bonds. The molecule has 18 heavy (non-hydrogen) atoms. The van der Waals surface area contributed by atoms with Crippen molar-refractivity contribution in [1.29, 1.82) is 0 Å². The number of hydrogen-bond acceptors (Lipinski definition) is 2. The van der Waals surface area contributed by atoms with Crippen LogP contribution in [0.15, 0.2) is 48.5 Å². The van der Waals surface area contributed by atoms with Crippen LogP contribution in [0.3, 0.4) is 0 Å². The summed E-state index contributed by atoms with van der Waals surface area (Å²) in [6.45, 7) is 2.01. The fourth-order valence-electron chi connectivity index (χ4n) is 1.76. The van der Waals surface area contributed by atoms with E-state index in [1.54, 1.807) is 12.1 Å². The van der Waals surface area contributed by atoms with E-state index in [1.807, 2.05) is 31.2 Å². The first-order valence-corrected chi connectivity index (χ1v) is 5.52. The van der Waals surface area contributed by atoms with Crippen molar-refractivity contribution >= 4 is 11.8 Å². The van der Waals surface area contributed by atoms with Gasteiger partial charge in [-0.25, -0.2) is 4.79 Å². The highest BCUT2D eigenvalue weighted by Crippen LogP contribution is 2.20. The molecule has 0 fully saturated rings. The van der Waals surface area contributed by atoms with Crippen molar-refractivity contribution in [3.05, 3.63) is 59.7 Å². The highest BCUT2D eigenvalue weighted by atomic mass is 16.4. The summed E-state index contributed by atoms with van der Waals surface area (Å²) >= 11 is 0. The van der Waals surface area contributed by atoms with Crippen molar-refractivity contribution in [3.63, 3.8) is 0 Å². The zero-order valence-corrected chi connectivity index (χ0v) is 9.88. The molecule has 3 heteroatoms. The monoisotopic (exact) mass is 240 g/mol. The summed E-state index contributed by atoms with van der Waals surface area (Å²) in [7, 11) is 0. The second kappa shape index (κ2) is 4.84. The minimum atomic E-state index is -1.43. The Bertz CT molecular complexity index is 597. The molecule has 0 heterocycles. The van der Waals surface area contributed by atoms with Crippen LogP contribution >= 0.6 is 0 Å². The quantitative estimate of drug-likeness (QED) is 0.663. The lowest BCUT2D eigenvalue weighted by molar-refractivity contribution is -0.131. The number of benzene rings is 2. The average Bonchev–Trinajstić information content (AvgIpc) is 2.38. The maximum absolute atomic E-state index is 11.2. The van der Waals surface area contributed by atoms with Gasteiger partial charge in [-0.15, -0.1) is 0 Å². The summed E-state index contributed by atoms with van der Waals surface area (Å²) in [5, 5.41) is 8.61. The third-order valence-corrected chi connectivity index (χ3v) is 2.69. The molecule has 0 aliphatic carbocycles. The maximum Gasteiger partial charge on any atom is 0.377 e. The number of carboxylic acid groups (broad SMARTS) is 1. The predicted molar refractivity (Wildman–Crippen MR) is 68.6 cm³/mol. The van der Waals surface area contributed by atoms with Gasteiger partial charge in [-0.3, -0.25) is 4.79 Å². The molecule has 2 aromatic rings. The lowest BCUT2D eigenvalue weighted by atomic mass is 10.0. The summed E-state index contributed by atoms with van der Waals surface area (Å²) in [4.78, 5) is 21.8. The fraction of sp³-hybridized carbons (Fsp3) is 0.0667. The van der Waals surface area contributed by atoms with Crippen LogP contribution in [0.5, 0.6) is 0 Å². The minimum absolute atomic E-state index is 0.193. The van der Waals surface area contributed by atoms with E-state index in [-0.39, 0.29) is 5.56 Å². The largest absolute Gasteiger partial charge is 0.475 e. The van der Waals surface area contributed by atoms with Crippen molar-refractivity contribution in [2.24, 2.45) is 0 Å². The van der Waals surface area contributed by atoms with Gasteiger partial charge in [0.25, 0.3) is 5.78 Å². The highest BCUT2D eigenvalue weighted by molar-refractivity contribution is 6.39. The Labute approximate surface area is 105 Å². The van der Waals surface area contributed by atoms with Crippen LogP contribution in [0.25, 0.3) is 11.1 Å². The molecule has 0 bridgehead atoms. The van der Waals surface area contributed by atoms with Crippen molar-refractivity contribution in [2.75, 3.05) is 0 Å². The van der Waals surface area contributed by atoms with Crippen LogP contribution in [0.1, 0.15) is 15.9 Å². The molecule has 0 atom stereocenters. The molecule has 0 radical (unpaired) electrons. The zero-order chi connectivity index (χ0) is 13.1. The first kappa shape index (κ1) is 12.0. The normalized spacial score (nSPS) is 10.1. The number of carbonyl (C=O) groups excluding carboxylic acids is 1. The Balaban J connectivity index is 2.33. The smallest absolute Gasteiger partial charge is 0.377 e. The second-order valence-corrected chi connectivity index (χ2v) is 4.08. The lowest BCUT2D eigenvalue weighted by Gasteiger charge is -2.03. The molecule has 2 aromatic carbocycles. The van der Waals surface area contributed by atoms with Crippen LogP contribution < -0.4 is 0 Å². The summed E-state index contributed by atoms with van der Waals surface area (Å²) in [5.74, 6) is -2.32. The van der Waals surface area contributed by atoms with Crippen LogP contribution in [-0.4, -0.2) is 16.9 Å². The van der Waals surface area contributed by atoms with Gasteiger partial charge in [-0.05, 0) is 18.1 Å². The van der Waals surface area contributed by atoms with Crippen LogP contribution in [-0.2, 0) is 4.79 Å². The SMILES string of the molecule is Cc1cccc(-c2ccc(C(=O)C(=O)O)cc2)c1. The van der Waals surface area contributed by atoms with Gasteiger partial charge >= 0.3 is 5.97 Å². The Morgan fingerprint density at radius 2 is 1.61 bits per heavy atom. The van der Waals surface area contributed by atoms with Gasteiger partial charge in [-0.2, -0.15) is 0 Å². The van der Waals surface area contributed by atoms with E-state index in [4.69, 9.17) is 5.11 Å². The molecular formula is C15H12O3. The van der Waals surface area contributed by atoms with Crippen molar-refractivity contribution in [3.8, 4) is 11.1 Å². The van der Waals surface area contributed by atoms with Crippen molar-refractivity contribution in [2.45, 2.75) is 6.92 Å². The molecule has 0 spiro atoms. The van der Waals surface area contributed by atoms with Crippen molar-refractivity contribution in [1.82, 2.24) is 0 Å². The number of carbonyl (C=O) groups is 2. The molecule has 90 valence electrons. The van der Waals surface area contributed by atoms with E-state index in [2.05, 4.69) is 0 Å². The average molecular weight is 240 g/mol. The number of aryl methyl sites for hydroxylation is 1. The summed E-state index contributed by atoms with van der Waals surface area (Å²) in [5.41, 5.74) is 3.35. The zero-order valence-electron chi connectivity index (χ0n) is 9.88. The van der Waals surface area contributed by atoms with Gasteiger partial charge in [0.1, 0.15) is 0 Å². The van der Waals surface area contributed by atoms with Gasteiger partial charge < -0.3 is 5.11 Å². The molecule has 0 unspecified atom stereocenters. The second-order valence-electron chi connectivity index (χ2n) is 4.08. The Morgan fingerprint density at radius 3 is 2.17 bits per heavy atom. The highest BCUT2D eigenvalue weighted by Gasteiger charge is 2.13. The Hall–Kier alpha value is -2.42. The minimum Gasteiger partial charge on any atom is -0.475 e. The number of rotatable bonds is 3. The van der Waals surface area contributed by atoms with E-state index >= 15 is 0 Å². The van der Waals surface area contributed by atoms with Crippen LogP contribution in [0, 0.1) is 6.92 Å². The van der Waals surface area contributed by atoms with Gasteiger partial charge in [-0.1, -0.05) is 54.1 Å². The number of carboxylic acids is 1. The van der Waals surface area contributed by atoms with Crippen molar-refractivity contribution < 1.29 is 14.7 Å². The van der Waals surface area contributed by atoms with Gasteiger partial charge in [0, 0.05) is 5.56 Å².